The Morgan fingerprint density at radius 2 is 2.11 bits per heavy atom. The maximum absolute atomic E-state index is 11.1. The lowest BCUT2D eigenvalue weighted by Gasteiger charge is -2.20. The first kappa shape index (κ1) is 12.7. The van der Waals surface area contributed by atoms with Gasteiger partial charge < -0.3 is 14.6 Å². The number of hydrogen-bond donors (Lipinski definition) is 1. The Kier molecular flexibility index (Phi) is 3.15. The molecule has 0 atom stereocenters. The number of carboxylic acids is 1. The predicted octanol–water partition coefficient (Wildman–Crippen LogP) is 2.50. The summed E-state index contributed by atoms with van der Waals surface area (Å²) in [4.78, 5) is 15.0. The highest BCUT2D eigenvalue weighted by atomic mass is 16.5. The van der Waals surface area contributed by atoms with Crippen molar-refractivity contribution >= 4 is 5.97 Å². The van der Waals surface area contributed by atoms with Crippen LogP contribution in [0.5, 0.6) is 11.6 Å². The minimum Gasteiger partial charge on any atom is -0.489 e. The van der Waals surface area contributed by atoms with Crippen LogP contribution < -0.4 is 9.47 Å². The number of carboxylic acid groups (broad SMARTS) is 1. The predicted molar refractivity (Wildman–Crippen MR) is 65.2 cm³/mol. The SMILES string of the molecule is CC(C)(C)Oc1cc(OC2CC2)c(C(=O)O)cn1. The minimum atomic E-state index is -1.04. The summed E-state index contributed by atoms with van der Waals surface area (Å²) in [5.41, 5.74) is -0.308. The second kappa shape index (κ2) is 4.48. The molecule has 0 amide bonds. The van der Waals surface area contributed by atoms with Gasteiger partial charge in [0.15, 0.2) is 0 Å². The topological polar surface area (TPSA) is 68.7 Å². The zero-order valence-electron chi connectivity index (χ0n) is 10.8. The molecule has 1 aliphatic rings. The third kappa shape index (κ3) is 3.35. The molecule has 0 unspecified atom stereocenters. The average molecular weight is 251 g/mol. The van der Waals surface area contributed by atoms with Crippen LogP contribution in [-0.2, 0) is 0 Å². The van der Waals surface area contributed by atoms with E-state index < -0.39 is 5.97 Å². The number of carbonyl (C=O) groups is 1. The van der Waals surface area contributed by atoms with E-state index in [0.717, 1.165) is 12.8 Å². The fraction of sp³-hybridized carbons (Fsp3) is 0.538. The molecule has 0 aromatic carbocycles. The Labute approximate surface area is 106 Å². The van der Waals surface area contributed by atoms with Gasteiger partial charge in [-0.25, -0.2) is 9.78 Å². The number of pyridine rings is 1. The number of ether oxygens (including phenoxy) is 2. The minimum absolute atomic E-state index is 0.0724. The molecule has 1 fully saturated rings. The number of aromatic carboxylic acids is 1. The van der Waals surface area contributed by atoms with Crippen LogP contribution in [0.15, 0.2) is 12.3 Å². The first-order valence-corrected chi connectivity index (χ1v) is 5.94. The van der Waals surface area contributed by atoms with Gasteiger partial charge in [-0.2, -0.15) is 0 Å². The van der Waals surface area contributed by atoms with Crippen LogP contribution in [0.25, 0.3) is 0 Å². The van der Waals surface area contributed by atoms with Crippen LogP contribution in [0.1, 0.15) is 44.0 Å². The van der Waals surface area contributed by atoms with E-state index in [0.29, 0.717) is 11.6 Å². The molecule has 5 nitrogen and oxygen atoms in total. The van der Waals surface area contributed by atoms with Crippen molar-refractivity contribution in [1.29, 1.82) is 0 Å². The van der Waals surface area contributed by atoms with Crippen molar-refractivity contribution in [3.8, 4) is 11.6 Å². The zero-order valence-corrected chi connectivity index (χ0v) is 10.8. The van der Waals surface area contributed by atoms with Crippen molar-refractivity contribution in [3.05, 3.63) is 17.8 Å². The maximum atomic E-state index is 11.1. The highest BCUT2D eigenvalue weighted by molar-refractivity contribution is 5.90. The third-order valence-corrected chi connectivity index (χ3v) is 2.30. The first-order valence-electron chi connectivity index (χ1n) is 5.94. The van der Waals surface area contributed by atoms with E-state index in [1.165, 1.54) is 6.20 Å². The molecule has 1 heterocycles. The Balaban J connectivity index is 2.25. The van der Waals surface area contributed by atoms with Crippen molar-refractivity contribution in [1.82, 2.24) is 4.98 Å². The van der Waals surface area contributed by atoms with Crippen molar-refractivity contribution < 1.29 is 19.4 Å². The zero-order chi connectivity index (χ0) is 13.3. The Morgan fingerprint density at radius 3 is 2.61 bits per heavy atom. The van der Waals surface area contributed by atoms with Gasteiger partial charge in [-0.05, 0) is 33.6 Å². The molecular formula is C13H17NO4. The van der Waals surface area contributed by atoms with E-state index in [2.05, 4.69) is 4.98 Å². The lowest BCUT2D eigenvalue weighted by Crippen LogP contribution is -2.23. The number of rotatable bonds is 4. The Morgan fingerprint density at radius 1 is 1.44 bits per heavy atom. The fourth-order valence-corrected chi connectivity index (χ4v) is 1.41. The largest absolute Gasteiger partial charge is 0.489 e. The van der Waals surface area contributed by atoms with E-state index in [9.17, 15) is 4.79 Å². The molecule has 0 spiro atoms. The molecular weight excluding hydrogens is 234 g/mol. The summed E-state index contributed by atoms with van der Waals surface area (Å²) in [6.45, 7) is 5.71. The van der Waals surface area contributed by atoms with Crippen LogP contribution >= 0.6 is 0 Å². The third-order valence-electron chi connectivity index (χ3n) is 2.30. The van der Waals surface area contributed by atoms with E-state index in [4.69, 9.17) is 14.6 Å². The van der Waals surface area contributed by atoms with E-state index >= 15 is 0 Å². The van der Waals surface area contributed by atoms with Gasteiger partial charge in [-0.15, -0.1) is 0 Å². The second-order valence-electron chi connectivity index (χ2n) is 5.36. The van der Waals surface area contributed by atoms with E-state index in [1.807, 2.05) is 20.8 Å². The standard InChI is InChI=1S/C13H17NO4/c1-13(2,3)18-11-6-10(17-8-4-5-8)9(7-14-11)12(15)16/h6-8H,4-5H2,1-3H3,(H,15,16). The number of hydrogen-bond acceptors (Lipinski definition) is 4. The highest BCUT2D eigenvalue weighted by Gasteiger charge is 2.26. The molecule has 1 aliphatic carbocycles. The first-order chi connectivity index (χ1) is 8.35. The molecule has 0 aliphatic heterocycles. The van der Waals surface area contributed by atoms with Crippen LogP contribution in [0.2, 0.25) is 0 Å². The van der Waals surface area contributed by atoms with Gasteiger partial charge in [0.05, 0.1) is 6.10 Å². The molecule has 5 heteroatoms. The molecule has 1 aromatic rings. The van der Waals surface area contributed by atoms with Crippen LogP contribution in [0.4, 0.5) is 0 Å². The van der Waals surface area contributed by atoms with Crippen molar-refractivity contribution in [2.75, 3.05) is 0 Å². The van der Waals surface area contributed by atoms with Crippen molar-refractivity contribution in [2.45, 2.75) is 45.3 Å². The van der Waals surface area contributed by atoms with E-state index in [1.54, 1.807) is 6.07 Å². The summed E-state index contributed by atoms with van der Waals surface area (Å²) in [6.07, 6.45) is 3.35. The van der Waals surface area contributed by atoms with Gasteiger partial charge in [0.1, 0.15) is 16.9 Å². The Bertz CT molecular complexity index is 461. The molecule has 0 radical (unpaired) electrons. The molecule has 2 rings (SSSR count). The molecule has 18 heavy (non-hydrogen) atoms. The van der Waals surface area contributed by atoms with Gasteiger partial charge in [0, 0.05) is 12.3 Å². The summed E-state index contributed by atoms with van der Waals surface area (Å²) < 4.78 is 11.2. The monoisotopic (exact) mass is 251 g/mol. The van der Waals surface area contributed by atoms with Gasteiger partial charge in [-0.1, -0.05) is 0 Å². The summed E-state index contributed by atoms with van der Waals surface area (Å²) in [6, 6.07) is 1.55. The van der Waals surface area contributed by atoms with Gasteiger partial charge >= 0.3 is 5.97 Å². The molecule has 98 valence electrons. The molecule has 0 bridgehead atoms. The molecule has 0 saturated heterocycles. The smallest absolute Gasteiger partial charge is 0.341 e. The quantitative estimate of drug-likeness (QED) is 0.890. The summed E-state index contributed by atoms with van der Waals surface area (Å²) in [5, 5.41) is 9.06. The average Bonchev–Trinajstić information content (AvgIpc) is 2.98. The maximum Gasteiger partial charge on any atom is 0.341 e. The molecule has 1 aromatic heterocycles. The van der Waals surface area contributed by atoms with E-state index in [-0.39, 0.29) is 17.3 Å². The fourth-order valence-electron chi connectivity index (χ4n) is 1.41. The molecule has 1 saturated carbocycles. The summed E-state index contributed by atoms with van der Waals surface area (Å²) >= 11 is 0. The summed E-state index contributed by atoms with van der Waals surface area (Å²) in [5.74, 6) is -0.331. The van der Waals surface area contributed by atoms with Crippen LogP contribution in [0, 0.1) is 0 Å². The number of nitrogens with zero attached hydrogens (tertiary/aromatic N) is 1. The molecule has 1 N–H and O–H groups in total. The Hall–Kier alpha value is -1.78. The lowest BCUT2D eigenvalue weighted by molar-refractivity contribution is 0.0691. The van der Waals surface area contributed by atoms with Gasteiger partial charge in [0.2, 0.25) is 5.88 Å². The van der Waals surface area contributed by atoms with Gasteiger partial charge in [-0.3, -0.25) is 0 Å². The van der Waals surface area contributed by atoms with Crippen molar-refractivity contribution in [2.24, 2.45) is 0 Å². The highest BCUT2D eigenvalue weighted by Crippen LogP contribution is 2.31. The van der Waals surface area contributed by atoms with Crippen molar-refractivity contribution in [3.63, 3.8) is 0 Å². The number of aromatic nitrogens is 1. The lowest BCUT2D eigenvalue weighted by atomic mass is 10.2. The van der Waals surface area contributed by atoms with Gasteiger partial charge in [0.25, 0.3) is 0 Å². The van der Waals surface area contributed by atoms with Crippen LogP contribution in [0.3, 0.4) is 0 Å². The summed E-state index contributed by atoms with van der Waals surface area (Å²) in [7, 11) is 0. The normalized spacial score (nSPS) is 15.3. The second-order valence-corrected chi connectivity index (χ2v) is 5.36. The van der Waals surface area contributed by atoms with Crippen LogP contribution in [-0.4, -0.2) is 27.8 Å².